The number of fused-ring (bicyclic) bond motifs is 6. The molecule has 0 unspecified atom stereocenters. The number of hydrogen-bond donors (Lipinski definition) is 1. The number of aromatic nitrogens is 1. The van der Waals surface area contributed by atoms with Gasteiger partial charge in [-0.1, -0.05) is 36.4 Å². The SMILES string of the molecule is c1ccc2cc3c4c(ccc3cc2c1)Cc1cc[nH]c1-4. The summed E-state index contributed by atoms with van der Waals surface area (Å²) in [4.78, 5) is 3.41. The summed E-state index contributed by atoms with van der Waals surface area (Å²) in [5.41, 5.74) is 5.56. The van der Waals surface area contributed by atoms with Gasteiger partial charge in [-0.3, -0.25) is 0 Å². The van der Waals surface area contributed by atoms with Crippen LogP contribution in [0.2, 0.25) is 0 Å². The number of rotatable bonds is 0. The van der Waals surface area contributed by atoms with Gasteiger partial charge in [0, 0.05) is 23.9 Å². The van der Waals surface area contributed by atoms with Crippen LogP contribution in [0.25, 0.3) is 32.8 Å². The molecule has 1 aliphatic rings. The van der Waals surface area contributed by atoms with Gasteiger partial charge in [0.05, 0.1) is 0 Å². The highest BCUT2D eigenvalue weighted by molar-refractivity contribution is 6.06. The molecule has 0 atom stereocenters. The molecule has 1 aromatic heterocycles. The first kappa shape index (κ1) is 10.3. The second kappa shape index (κ2) is 3.51. The molecule has 0 radical (unpaired) electrons. The quantitative estimate of drug-likeness (QED) is 0.379. The molecule has 1 aliphatic carbocycles. The van der Waals surface area contributed by atoms with Crippen LogP contribution >= 0.6 is 0 Å². The van der Waals surface area contributed by atoms with Crippen LogP contribution in [0.1, 0.15) is 11.1 Å². The van der Waals surface area contributed by atoms with Crippen LogP contribution in [0.4, 0.5) is 0 Å². The fraction of sp³-hybridized carbons (Fsp3) is 0.0526. The minimum Gasteiger partial charge on any atom is -0.361 e. The Labute approximate surface area is 116 Å². The zero-order valence-electron chi connectivity index (χ0n) is 11.0. The predicted octanol–water partition coefficient (Wildman–Crippen LogP) is 4.89. The van der Waals surface area contributed by atoms with Crippen LogP contribution < -0.4 is 0 Å². The average molecular weight is 255 g/mol. The highest BCUT2D eigenvalue weighted by Gasteiger charge is 2.21. The fourth-order valence-corrected chi connectivity index (χ4v) is 3.49. The summed E-state index contributed by atoms with van der Waals surface area (Å²) in [7, 11) is 0. The number of nitrogens with one attached hydrogen (secondary N) is 1. The van der Waals surface area contributed by atoms with Crippen molar-refractivity contribution < 1.29 is 0 Å². The monoisotopic (exact) mass is 255 g/mol. The highest BCUT2D eigenvalue weighted by Crippen LogP contribution is 2.41. The summed E-state index contributed by atoms with van der Waals surface area (Å²) in [5.74, 6) is 0. The van der Waals surface area contributed by atoms with Crippen molar-refractivity contribution in [2.24, 2.45) is 0 Å². The van der Waals surface area contributed by atoms with E-state index in [1.165, 1.54) is 43.9 Å². The maximum absolute atomic E-state index is 3.41. The third-order valence-electron chi connectivity index (χ3n) is 4.44. The summed E-state index contributed by atoms with van der Waals surface area (Å²) < 4.78 is 0. The molecule has 5 rings (SSSR count). The molecule has 0 fully saturated rings. The first-order valence-corrected chi connectivity index (χ1v) is 7.01. The Hall–Kier alpha value is -2.54. The van der Waals surface area contributed by atoms with E-state index in [9.17, 15) is 0 Å². The van der Waals surface area contributed by atoms with Gasteiger partial charge in [-0.25, -0.2) is 0 Å². The first-order valence-electron chi connectivity index (χ1n) is 7.01. The van der Waals surface area contributed by atoms with Crippen LogP contribution in [-0.4, -0.2) is 4.98 Å². The van der Waals surface area contributed by atoms with Gasteiger partial charge in [0.1, 0.15) is 0 Å². The van der Waals surface area contributed by atoms with Crippen LogP contribution in [-0.2, 0) is 6.42 Å². The second-order valence-electron chi connectivity index (χ2n) is 5.57. The van der Waals surface area contributed by atoms with Crippen molar-refractivity contribution in [3.63, 3.8) is 0 Å². The molecule has 1 heterocycles. The van der Waals surface area contributed by atoms with Crippen molar-refractivity contribution in [2.75, 3.05) is 0 Å². The van der Waals surface area contributed by atoms with Crippen molar-refractivity contribution in [2.45, 2.75) is 6.42 Å². The van der Waals surface area contributed by atoms with E-state index in [1.54, 1.807) is 0 Å². The van der Waals surface area contributed by atoms with Gasteiger partial charge in [0.15, 0.2) is 0 Å². The summed E-state index contributed by atoms with van der Waals surface area (Å²) in [5, 5.41) is 5.31. The maximum Gasteiger partial charge on any atom is 0.0499 e. The summed E-state index contributed by atoms with van der Waals surface area (Å²) in [6.45, 7) is 0. The van der Waals surface area contributed by atoms with Crippen LogP contribution in [0.15, 0.2) is 60.8 Å². The summed E-state index contributed by atoms with van der Waals surface area (Å²) >= 11 is 0. The summed E-state index contributed by atoms with van der Waals surface area (Å²) in [6.07, 6.45) is 3.10. The Bertz CT molecular complexity index is 976. The molecule has 0 saturated carbocycles. The van der Waals surface area contributed by atoms with Crippen LogP contribution in [0, 0.1) is 0 Å². The lowest BCUT2D eigenvalue weighted by Crippen LogP contribution is -1.85. The Morgan fingerprint density at radius 2 is 1.60 bits per heavy atom. The summed E-state index contributed by atoms with van der Waals surface area (Å²) in [6, 6.07) is 19.9. The van der Waals surface area contributed by atoms with Gasteiger partial charge < -0.3 is 4.98 Å². The van der Waals surface area contributed by atoms with Gasteiger partial charge in [-0.2, -0.15) is 0 Å². The number of H-pyrrole nitrogens is 1. The number of hydrogen-bond acceptors (Lipinski definition) is 0. The van der Waals surface area contributed by atoms with Gasteiger partial charge in [0.2, 0.25) is 0 Å². The molecule has 0 aliphatic heterocycles. The molecule has 0 spiro atoms. The van der Waals surface area contributed by atoms with Crippen molar-refractivity contribution in [3.05, 3.63) is 71.9 Å². The van der Waals surface area contributed by atoms with E-state index in [4.69, 9.17) is 0 Å². The molecule has 0 amide bonds. The van der Waals surface area contributed by atoms with Gasteiger partial charge >= 0.3 is 0 Å². The zero-order chi connectivity index (χ0) is 13.1. The molecule has 20 heavy (non-hydrogen) atoms. The minimum atomic E-state index is 1.05. The van der Waals surface area contributed by atoms with Gasteiger partial charge in [-0.15, -0.1) is 0 Å². The third-order valence-corrected chi connectivity index (χ3v) is 4.44. The standard InChI is InChI=1S/C19H13N/c1-2-4-13-11-17-14(9-12(13)3-1)5-6-15-10-16-7-8-20-19(16)18(15)17/h1-9,11,20H,10H2. The number of benzene rings is 3. The third kappa shape index (κ3) is 1.22. The number of aromatic amines is 1. The molecule has 3 aromatic carbocycles. The lowest BCUT2D eigenvalue weighted by molar-refractivity contribution is 1.28. The van der Waals surface area contributed by atoms with Gasteiger partial charge in [0.25, 0.3) is 0 Å². The molecule has 1 heteroatoms. The van der Waals surface area contributed by atoms with Crippen LogP contribution in [0.5, 0.6) is 0 Å². The van der Waals surface area contributed by atoms with E-state index in [0.717, 1.165) is 6.42 Å². The molecule has 0 saturated heterocycles. The van der Waals surface area contributed by atoms with E-state index >= 15 is 0 Å². The average Bonchev–Trinajstić information content (AvgIpc) is 3.05. The molecular formula is C19H13N. The van der Waals surface area contributed by atoms with Gasteiger partial charge in [-0.05, 0) is 50.9 Å². The second-order valence-corrected chi connectivity index (χ2v) is 5.57. The van der Waals surface area contributed by atoms with Crippen molar-refractivity contribution in [3.8, 4) is 11.3 Å². The first-order chi connectivity index (χ1) is 9.90. The predicted molar refractivity (Wildman–Crippen MR) is 84.0 cm³/mol. The lowest BCUT2D eigenvalue weighted by Gasteiger charge is -2.08. The zero-order valence-corrected chi connectivity index (χ0v) is 11.0. The normalized spacial score (nSPS) is 12.8. The van der Waals surface area contributed by atoms with Crippen LogP contribution in [0.3, 0.4) is 0 Å². The topological polar surface area (TPSA) is 15.8 Å². The molecular weight excluding hydrogens is 242 g/mol. The molecule has 94 valence electrons. The maximum atomic E-state index is 3.41. The van der Waals surface area contributed by atoms with Crippen molar-refractivity contribution >= 4 is 21.5 Å². The Balaban J connectivity index is 1.97. The molecule has 1 N–H and O–H groups in total. The van der Waals surface area contributed by atoms with Crippen molar-refractivity contribution in [1.82, 2.24) is 4.98 Å². The Kier molecular flexibility index (Phi) is 1.80. The van der Waals surface area contributed by atoms with E-state index < -0.39 is 0 Å². The smallest absolute Gasteiger partial charge is 0.0499 e. The Morgan fingerprint density at radius 1 is 0.750 bits per heavy atom. The van der Waals surface area contributed by atoms with Crippen molar-refractivity contribution in [1.29, 1.82) is 0 Å². The van der Waals surface area contributed by atoms with E-state index in [1.807, 2.05) is 6.20 Å². The molecule has 4 aromatic rings. The minimum absolute atomic E-state index is 1.05. The lowest BCUT2D eigenvalue weighted by atomic mass is 9.97. The van der Waals surface area contributed by atoms with E-state index in [0.29, 0.717) is 0 Å². The highest BCUT2D eigenvalue weighted by atomic mass is 14.7. The largest absolute Gasteiger partial charge is 0.361 e. The van der Waals surface area contributed by atoms with E-state index in [-0.39, 0.29) is 0 Å². The fourth-order valence-electron chi connectivity index (χ4n) is 3.49. The Morgan fingerprint density at radius 3 is 2.50 bits per heavy atom. The molecule has 0 bridgehead atoms. The molecule has 1 nitrogen and oxygen atoms in total. The van der Waals surface area contributed by atoms with E-state index in [2.05, 4.69) is 59.6 Å².